The van der Waals surface area contributed by atoms with Crippen LogP contribution in [0.2, 0.25) is 0 Å². The predicted octanol–water partition coefficient (Wildman–Crippen LogP) is 19.7. The summed E-state index contributed by atoms with van der Waals surface area (Å²) in [7, 11) is 0. The minimum absolute atomic E-state index is 0.870. The summed E-state index contributed by atoms with van der Waals surface area (Å²) in [5, 5.41) is 16.8. The van der Waals surface area contributed by atoms with E-state index >= 15 is 0 Å². The van der Waals surface area contributed by atoms with E-state index in [9.17, 15) is 0 Å². The van der Waals surface area contributed by atoms with Crippen LogP contribution < -0.4 is 0 Å². The number of para-hydroxylation sites is 6. The van der Waals surface area contributed by atoms with Crippen molar-refractivity contribution in [2.45, 2.75) is 0 Å². The molecule has 0 spiro atoms. The Balaban J connectivity index is 0.994. The van der Waals surface area contributed by atoms with Crippen molar-refractivity contribution >= 4 is 141 Å². The Morgan fingerprint density at radius 2 is 0.685 bits per heavy atom. The van der Waals surface area contributed by atoms with Crippen molar-refractivity contribution < 1.29 is 8.83 Å². The zero-order valence-electron chi connectivity index (χ0n) is 39.1. The molecule has 0 saturated carbocycles. The van der Waals surface area contributed by atoms with E-state index in [1.165, 1.54) is 63.3 Å². The first-order chi connectivity index (χ1) is 36.2. The standard InChI is InChI=1S/C68H38N2O2S/c1-3-17-39(18-4-1)41-23-11-27-47-49-29-15-35-56(66(49)71-64(41)47)69-54-33-9-8-22-44(54)46-26-14-32-52-62(46)58(69)37-53-63-51-31-13-25-45-43-21-7-10-34-55(43)70(59(61(45)51)38-60(63)73-68(52)53)57-36-16-30-50-48-28-12-24-42(65(48)72-67(50)57)40-19-5-2-6-20-40/h1-38H. The van der Waals surface area contributed by atoms with Crippen molar-refractivity contribution in [2.24, 2.45) is 0 Å². The molecule has 0 unspecified atom stereocenters. The zero-order valence-corrected chi connectivity index (χ0v) is 39.9. The number of rotatable bonds is 4. The maximum Gasteiger partial charge on any atom is 0.159 e. The summed E-state index contributed by atoms with van der Waals surface area (Å²) < 4.78 is 21.8. The normalized spacial score (nSPS) is 12.4. The van der Waals surface area contributed by atoms with Crippen molar-refractivity contribution in [3.05, 3.63) is 231 Å². The van der Waals surface area contributed by atoms with E-state index in [0.29, 0.717) is 0 Å². The summed E-state index contributed by atoms with van der Waals surface area (Å²) in [5.74, 6) is 0. The number of benzene rings is 12. The molecule has 0 atom stereocenters. The van der Waals surface area contributed by atoms with E-state index in [2.05, 4.69) is 240 Å². The van der Waals surface area contributed by atoms with E-state index in [-0.39, 0.29) is 0 Å². The molecule has 5 heterocycles. The first-order valence-electron chi connectivity index (χ1n) is 24.9. The lowest BCUT2D eigenvalue weighted by molar-refractivity contribution is 0.667. The second-order valence-corrected chi connectivity index (χ2v) is 20.5. The minimum Gasteiger partial charge on any atom is -0.453 e. The van der Waals surface area contributed by atoms with Gasteiger partial charge in [-0.1, -0.05) is 194 Å². The zero-order chi connectivity index (χ0) is 47.5. The van der Waals surface area contributed by atoms with E-state index in [4.69, 9.17) is 8.83 Å². The molecular formula is C68H38N2O2S. The first-order valence-corrected chi connectivity index (χ1v) is 25.7. The molecular weight excluding hydrogens is 909 g/mol. The second-order valence-electron chi connectivity index (χ2n) is 19.4. The smallest absolute Gasteiger partial charge is 0.159 e. The highest BCUT2D eigenvalue weighted by Crippen LogP contribution is 2.50. The fourth-order valence-corrected chi connectivity index (χ4v) is 13.9. The molecule has 0 aliphatic rings. The highest BCUT2D eigenvalue weighted by atomic mass is 32.1. The van der Waals surface area contributed by atoms with Crippen LogP contribution in [0.15, 0.2) is 239 Å². The van der Waals surface area contributed by atoms with Crippen LogP contribution in [-0.2, 0) is 0 Å². The topological polar surface area (TPSA) is 36.1 Å². The van der Waals surface area contributed by atoms with Gasteiger partial charge in [-0.15, -0.1) is 11.3 Å². The number of fused-ring (bicyclic) bond motifs is 15. The monoisotopic (exact) mass is 946 g/mol. The molecule has 0 radical (unpaired) electrons. The van der Waals surface area contributed by atoms with Crippen molar-refractivity contribution in [2.75, 3.05) is 0 Å². The number of pyridine rings is 2. The summed E-state index contributed by atoms with van der Waals surface area (Å²) in [6.07, 6.45) is 0. The molecule has 0 fully saturated rings. The summed E-state index contributed by atoms with van der Waals surface area (Å²) in [4.78, 5) is 0. The van der Waals surface area contributed by atoms with Gasteiger partial charge in [-0.05, 0) is 63.7 Å². The highest BCUT2D eigenvalue weighted by Gasteiger charge is 2.25. The fraction of sp³-hybridized carbons (Fsp3) is 0. The number of furan rings is 2. The summed E-state index contributed by atoms with van der Waals surface area (Å²) in [6.45, 7) is 0. The molecule has 0 amide bonds. The molecule has 73 heavy (non-hydrogen) atoms. The molecule has 12 aromatic carbocycles. The molecule has 0 aliphatic heterocycles. The fourth-order valence-electron chi connectivity index (χ4n) is 12.7. The van der Waals surface area contributed by atoms with Gasteiger partial charge in [0.05, 0.1) is 33.4 Å². The van der Waals surface area contributed by atoms with Crippen LogP contribution in [-0.4, -0.2) is 9.13 Å². The molecule has 17 aromatic rings. The van der Waals surface area contributed by atoms with Gasteiger partial charge in [-0.25, -0.2) is 0 Å². The lowest BCUT2D eigenvalue weighted by Crippen LogP contribution is -2.02. The number of hydrogen-bond donors (Lipinski definition) is 0. The van der Waals surface area contributed by atoms with Gasteiger partial charge in [0.1, 0.15) is 11.2 Å². The molecule has 0 N–H and O–H groups in total. The molecule has 5 heteroatoms. The number of thiophene rings is 1. The molecule has 5 aromatic heterocycles. The van der Waals surface area contributed by atoms with E-state index in [1.807, 2.05) is 11.3 Å². The minimum atomic E-state index is 0.870. The maximum absolute atomic E-state index is 7.16. The number of nitrogens with zero attached hydrogens (tertiary/aromatic N) is 2. The van der Waals surface area contributed by atoms with Gasteiger partial charge in [0.2, 0.25) is 0 Å². The van der Waals surface area contributed by atoms with Crippen molar-refractivity contribution in [1.29, 1.82) is 0 Å². The maximum atomic E-state index is 7.16. The third kappa shape index (κ3) is 5.28. The third-order valence-corrected chi connectivity index (χ3v) is 16.9. The van der Waals surface area contributed by atoms with Gasteiger partial charge in [-0.2, -0.15) is 0 Å². The Labute approximate surface area is 420 Å². The Kier molecular flexibility index (Phi) is 7.85. The molecule has 4 nitrogen and oxygen atoms in total. The number of aromatic nitrogens is 2. The summed E-state index contributed by atoms with van der Waals surface area (Å²) in [6, 6.07) is 83.9. The highest BCUT2D eigenvalue weighted by molar-refractivity contribution is 7.27. The Hall–Kier alpha value is -9.42. The number of hydrogen-bond acceptors (Lipinski definition) is 3. The molecule has 0 aliphatic carbocycles. The van der Waals surface area contributed by atoms with Crippen LogP contribution >= 0.6 is 11.3 Å². The molecule has 17 rings (SSSR count). The van der Waals surface area contributed by atoms with Crippen LogP contribution in [0.3, 0.4) is 0 Å². The largest absolute Gasteiger partial charge is 0.453 e. The third-order valence-electron chi connectivity index (χ3n) is 15.7. The predicted molar refractivity (Wildman–Crippen MR) is 308 cm³/mol. The van der Waals surface area contributed by atoms with Gasteiger partial charge in [0, 0.05) is 79.8 Å². The quantitative estimate of drug-likeness (QED) is 0.130. The van der Waals surface area contributed by atoms with Crippen molar-refractivity contribution in [3.8, 4) is 33.6 Å². The Bertz CT molecular complexity index is 5200. The van der Waals surface area contributed by atoms with Gasteiger partial charge in [0.15, 0.2) is 11.2 Å². The lowest BCUT2D eigenvalue weighted by Gasteiger charge is -2.20. The van der Waals surface area contributed by atoms with E-state index < -0.39 is 0 Å². The van der Waals surface area contributed by atoms with E-state index in [1.54, 1.807) is 0 Å². The van der Waals surface area contributed by atoms with Crippen molar-refractivity contribution in [3.63, 3.8) is 0 Å². The second kappa shape index (κ2) is 14.6. The summed E-state index contributed by atoms with van der Waals surface area (Å²) in [5.41, 5.74) is 14.6. The van der Waals surface area contributed by atoms with E-state index in [0.717, 1.165) is 99.6 Å². The van der Waals surface area contributed by atoms with Gasteiger partial charge in [0.25, 0.3) is 0 Å². The SMILES string of the molecule is c1ccc(-c2cccc3c2oc2c(-n4c5ccccc5c5cccc6c7sc8cc9c%10c(cccc%10c8c7cc4c56)c4ccccc4n9-c4cccc5c4oc4c(-c6ccccc6)cccc45)cccc23)cc1. The van der Waals surface area contributed by atoms with Crippen LogP contribution in [0, 0.1) is 0 Å². The first kappa shape index (κ1) is 39.3. The van der Waals surface area contributed by atoms with Crippen LogP contribution in [0.25, 0.3) is 163 Å². The average Bonchev–Trinajstić information content (AvgIpc) is 4.17. The average molecular weight is 947 g/mol. The molecule has 0 saturated heterocycles. The van der Waals surface area contributed by atoms with Crippen LogP contribution in [0.5, 0.6) is 0 Å². The lowest BCUT2D eigenvalue weighted by atomic mass is 9.94. The van der Waals surface area contributed by atoms with Gasteiger partial charge >= 0.3 is 0 Å². The Morgan fingerprint density at radius 3 is 1.25 bits per heavy atom. The molecule has 338 valence electrons. The summed E-state index contributed by atoms with van der Waals surface area (Å²) >= 11 is 1.90. The molecule has 0 bridgehead atoms. The Morgan fingerprint density at radius 1 is 0.274 bits per heavy atom. The van der Waals surface area contributed by atoms with Gasteiger partial charge in [-0.3, -0.25) is 0 Å². The van der Waals surface area contributed by atoms with Gasteiger partial charge < -0.3 is 18.0 Å². The van der Waals surface area contributed by atoms with Crippen LogP contribution in [0.4, 0.5) is 0 Å². The van der Waals surface area contributed by atoms with Crippen LogP contribution in [0.1, 0.15) is 0 Å². The van der Waals surface area contributed by atoms with Crippen molar-refractivity contribution in [1.82, 2.24) is 9.13 Å².